The van der Waals surface area contributed by atoms with Crippen LogP contribution in [0.15, 0.2) is 46.7 Å². The summed E-state index contributed by atoms with van der Waals surface area (Å²) in [4.78, 5) is 28.8. The van der Waals surface area contributed by atoms with Crippen LogP contribution in [0.1, 0.15) is 32.7 Å². The molecule has 2 heterocycles. The van der Waals surface area contributed by atoms with Crippen LogP contribution in [0.3, 0.4) is 0 Å². The lowest BCUT2D eigenvalue weighted by Crippen LogP contribution is -2.23. The summed E-state index contributed by atoms with van der Waals surface area (Å²) in [5.74, 6) is -0.274. The lowest BCUT2D eigenvalue weighted by molar-refractivity contribution is 0.102. The largest absolute Gasteiger partial charge is 0.310 e. The van der Waals surface area contributed by atoms with Gasteiger partial charge in [0, 0.05) is 17.6 Å². The van der Waals surface area contributed by atoms with Crippen LogP contribution in [0.5, 0.6) is 0 Å². The van der Waals surface area contributed by atoms with E-state index in [1.807, 2.05) is 38.3 Å². The number of hydrogen-bond donors (Lipinski definition) is 1. The lowest BCUT2D eigenvalue weighted by atomic mass is 10.1. The number of amides is 1. The number of nitrogens with one attached hydrogen (secondary N) is 1. The number of benzene rings is 1. The quantitative estimate of drug-likeness (QED) is 0.780. The van der Waals surface area contributed by atoms with Crippen LogP contribution < -0.4 is 10.9 Å². The third-order valence-corrected chi connectivity index (χ3v) is 4.81. The van der Waals surface area contributed by atoms with Crippen molar-refractivity contribution in [3.63, 3.8) is 0 Å². The number of hydrogen-bond acceptors (Lipinski definition) is 4. The molecule has 1 amide bonds. The zero-order chi connectivity index (χ0) is 18.0. The molecule has 0 fully saturated rings. The topological polar surface area (TPSA) is 64.0 Å². The first-order chi connectivity index (χ1) is 11.9. The van der Waals surface area contributed by atoms with Gasteiger partial charge >= 0.3 is 0 Å². The molecule has 0 unspecified atom stereocenters. The Balaban J connectivity index is 1.86. The number of carbonyl (C=O) groups is 1. The van der Waals surface area contributed by atoms with Crippen molar-refractivity contribution < 1.29 is 4.79 Å². The second kappa shape index (κ2) is 7.03. The fraction of sp³-hybridized carbons (Fsp3) is 0.211. The summed E-state index contributed by atoms with van der Waals surface area (Å²) in [6, 6.07) is 9.11. The molecule has 0 saturated carbocycles. The SMILES string of the molecule is Cc1ccc(C)c(Cn2cc(C(=O)Nc3nc(C)cs3)ccc2=O)c1. The van der Waals surface area contributed by atoms with Gasteiger partial charge in [-0.1, -0.05) is 23.8 Å². The van der Waals surface area contributed by atoms with Gasteiger partial charge in [0.25, 0.3) is 11.5 Å². The maximum atomic E-state index is 12.4. The van der Waals surface area contributed by atoms with Crippen molar-refractivity contribution in [1.82, 2.24) is 9.55 Å². The number of aromatic nitrogens is 2. The van der Waals surface area contributed by atoms with Crippen molar-refractivity contribution in [1.29, 1.82) is 0 Å². The minimum atomic E-state index is -0.274. The Morgan fingerprint density at radius 2 is 2.00 bits per heavy atom. The normalized spacial score (nSPS) is 10.7. The highest BCUT2D eigenvalue weighted by Gasteiger charge is 2.11. The van der Waals surface area contributed by atoms with E-state index in [2.05, 4.69) is 16.4 Å². The van der Waals surface area contributed by atoms with Crippen LogP contribution >= 0.6 is 11.3 Å². The van der Waals surface area contributed by atoms with E-state index < -0.39 is 0 Å². The highest BCUT2D eigenvalue weighted by Crippen LogP contribution is 2.16. The number of pyridine rings is 1. The van der Waals surface area contributed by atoms with E-state index >= 15 is 0 Å². The summed E-state index contributed by atoms with van der Waals surface area (Å²) >= 11 is 1.37. The number of anilines is 1. The highest BCUT2D eigenvalue weighted by atomic mass is 32.1. The molecule has 0 atom stereocenters. The Morgan fingerprint density at radius 1 is 1.20 bits per heavy atom. The number of rotatable bonds is 4. The summed E-state index contributed by atoms with van der Waals surface area (Å²) in [7, 11) is 0. The molecule has 25 heavy (non-hydrogen) atoms. The van der Waals surface area contributed by atoms with Crippen LogP contribution in [0, 0.1) is 20.8 Å². The first-order valence-electron chi connectivity index (χ1n) is 7.92. The summed E-state index contributed by atoms with van der Waals surface area (Å²) in [6.45, 7) is 6.34. The van der Waals surface area contributed by atoms with Gasteiger partial charge in [0.05, 0.1) is 17.8 Å². The Labute approximate surface area is 150 Å². The molecule has 2 aromatic heterocycles. The van der Waals surface area contributed by atoms with Crippen molar-refractivity contribution in [2.75, 3.05) is 5.32 Å². The fourth-order valence-corrected chi connectivity index (χ4v) is 3.21. The molecule has 1 N–H and O–H groups in total. The van der Waals surface area contributed by atoms with Gasteiger partial charge in [0.1, 0.15) is 0 Å². The van der Waals surface area contributed by atoms with Crippen molar-refractivity contribution in [3.8, 4) is 0 Å². The van der Waals surface area contributed by atoms with Crippen LogP contribution in [-0.4, -0.2) is 15.5 Å². The van der Waals surface area contributed by atoms with Gasteiger partial charge < -0.3 is 4.57 Å². The van der Waals surface area contributed by atoms with E-state index in [9.17, 15) is 9.59 Å². The molecule has 0 aliphatic carbocycles. The zero-order valence-electron chi connectivity index (χ0n) is 14.4. The third kappa shape index (κ3) is 4.03. The monoisotopic (exact) mass is 353 g/mol. The first-order valence-corrected chi connectivity index (χ1v) is 8.80. The number of carbonyl (C=O) groups excluding carboxylic acids is 1. The van der Waals surface area contributed by atoms with Gasteiger partial charge in [-0.05, 0) is 38.0 Å². The predicted octanol–water partition coefficient (Wildman–Crippen LogP) is 3.53. The van der Waals surface area contributed by atoms with E-state index in [4.69, 9.17) is 0 Å². The molecule has 0 spiro atoms. The van der Waals surface area contributed by atoms with Crippen molar-refractivity contribution in [3.05, 3.63) is 80.2 Å². The minimum absolute atomic E-state index is 0.137. The van der Waals surface area contributed by atoms with Gasteiger partial charge in [-0.2, -0.15) is 0 Å². The Hall–Kier alpha value is -2.73. The smallest absolute Gasteiger partial charge is 0.258 e. The van der Waals surface area contributed by atoms with Crippen LogP contribution in [0.25, 0.3) is 0 Å². The van der Waals surface area contributed by atoms with Crippen molar-refractivity contribution >= 4 is 22.4 Å². The van der Waals surface area contributed by atoms with Gasteiger partial charge in [-0.25, -0.2) is 4.98 Å². The molecular weight excluding hydrogens is 334 g/mol. The summed E-state index contributed by atoms with van der Waals surface area (Å²) < 4.78 is 1.56. The maximum absolute atomic E-state index is 12.4. The standard InChI is InChI=1S/C19H19N3O2S/c1-12-4-5-13(2)16(8-12)10-22-9-15(6-7-17(22)23)18(24)21-19-20-14(3)11-25-19/h4-9,11H,10H2,1-3H3,(H,20,21,24). The Morgan fingerprint density at radius 3 is 2.72 bits per heavy atom. The molecule has 3 rings (SSSR count). The van der Waals surface area contributed by atoms with Gasteiger partial charge in [0.2, 0.25) is 0 Å². The van der Waals surface area contributed by atoms with Gasteiger partial charge in [-0.15, -0.1) is 11.3 Å². The Kier molecular flexibility index (Phi) is 4.81. The molecule has 6 heteroatoms. The predicted molar refractivity (Wildman–Crippen MR) is 101 cm³/mol. The molecule has 5 nitrogen and oxygen atoms in total. The van der Waals surface area contributed by atoms with E-state index in [1.54, 1.807) is 10.8 Å². The summed E-state index contributed by atoms with van der Waals surface area (Å²) in [6.07, 6.45) is 1.60. The average Bonchev–Trinajstić information content (AvgIpc) is 2.97. The van der Waals surface area contributed by atoms with E-state index in [0.717, 1.165) is 22.4 Å². The molecule has 0 bridgehead atoms. The average molecular weight is 353 g/mol. The number of aryl methyl sites for hydroxylation is 3. The van der Waals surface area contributed by atoms with E-state index in [0.29, 0.717) is 17.2 Å². The fourth-order valence-electron chi connectivity index (χ4n) is 2.52. The zero-order valence-corrected chi connectivity index (χ0v) is 15.2. The molecular formula is C19H19N3O2S. The maximum Gasteiger partial charge on any atom is 0.258 e. The molecule has 1 aromatic carbocycles. The van der Waals surface area contributed by atoms with Crippen molar-refractivity contribution in [2.45, 2.75) is 27.3 Å². The molecule has 0 radical (unpaired) electrons. The van der Waals surface area contributed by atoms with Crippen LogP contribution in [0.2, 0.25) is 0 Å². The second-order valence-corrected chi connectivity index (χ2v) is 6.92. The first kappa shape index (κ1) is 17.1. The Bertz CT molecular complexity index is 988. The van der Waals surface area contributed by atoms with Crippen LogP contribution in [-0.2, 0) is 6.54 Å². The highest BCUT2D eigenvalue weighted by molar-refractivity contribution is 7.13. The second-order valence-electron chi connectivity index (χ2n) is 6.06. The van der Waals surface area contributed by atoms with E-state index in [-0.39, 0.29) is 11.5 Å². The molecule has 3 aromatic rings. The van der Waals surface area contributed by atoms with Crippen molar-refractivity contribution in [2.24, 2.45) is 0 Å². The minimum Gasteiger partial charge on any atom is -0.310 e. The molecule has 0 aliphatic rings. The van der Waals surface area contributed by atoms with Gasteiger partial charge in [0.15, 0.2) is 5.13 Å². The van der Waals surface area contributed by atoms with Crippen LogP contribution in [0.4, 0.5) is 5.13 Å². The van der Waals surface area contributed by atoms with E-state index in [1.165, 1.54) is 23.5 Å². The summed E-state index contributed by atoms with van der Waals surface area (Å²) in [5, 5.41) is 5.19. The molecule has 0 aliphatic heterocycles. The third-order valence-electron chi connectivity index (χ3n) is 3.93. The lowest BCUT2D eigenvalue weighted by Gasteiger charge is -2.11. The number of nitrogens with zero attached hydrogens (tertiary/aromatic N) is 2. The van der Waals surface area contributed by atoms with Gasteiger partial charge in [-0.3, -0.25) is 14.9 Å². The molecule has 128 valence electrons. The molecule has 0 saturated heterocycles. The summed E-state index contributed by atoms with van der Waals surface area (Å²) in [5.41, 5.74) is 4.48. The number of thiazole rings is 1.